The molecule has 1 aromatic carbocycles. The number of halogens is 1. The van der Waals surface area contributed by atoms with Crippen molar-refractivity contribution in [1.82, 2.24) is 9.55 Å². The average molecular weight is 291 g/mol. The van der Waals surface area contributed by atoms with Gasteiger partial charge in [-0.1, -0.05) is 34.1 Å². The Labute approximate surface area is 110 Å². The zero-order valence-electron chi connectivity index (χ0n) is 9.86. The second-order valence-corrected chi connectivity index (χ2v) is 5.53. The van der Waals surface area contributed by atoms with Crippen molar-refractivity contribution in [2.24, 2.45) is 0 Å². The van der Waals surface area contributed by atoms with Gasteiger partial charge in [0, 0.05) is 28.7 Å². The van der Waals surface area contributed by atoms with Gasteiger partial charge in [-0.15, -0.1) is 0 Å². The van der Waals surface area contributed by atoms with E-state index in [1.54, 1.807) is 0 Å². The number of hydrogen-bond donors (Lipinski definition) is 0. The minimum absolute atomic E-state index is 0.586. The Morgan fingerprint density at radius 2 is 2.18 bits per heavy atom. The SMILES string of the molecule is CC1CCCc2nc(-c3ccccc3Br)cn21. The Bertz CT molecular complexity index is 545. The van der Waals surface area contributed by atoms with Crippen LogP contribution in [-0.4, -0.2) is 9.55 Å². The maximum Gasteiger partial charge on any atom is 0.109 e. The summed E-state index contributed by atoms with van der Waals surface area (Å²) < 4.78 is 3.45. The minimum atomic E-state index is 0.586. The summed E-state index contributed by atoms with van der Waals surface area (Å²) >= 11 is 3.59. The highest BCUT2D eigenvalue weighted by Crippen LogP contribution is 2.31. The Morgan fingerprint density at radius 1 is 1.35 bits per heavy atom. The average Bonchev–Trinajstić information content (AvgIpc) is 2.75. The molecular formula is C14H15BrN2. The molecule has 0 fully saturated rings. The maximum absolute atomic E-state index is 4.77. The van der Waals surface area contributed by atoms with Gasteiger partial charge in [0.25, 0.3) is 0 Å². The number of fused-ring (bicyclic) bond motifs is 1. The summed E-state index contributed by atoms with van der Waals surface area (Å²) in [5, 5.41) is 0. The second kappa shape index (κ2) is 4.30. The third-order valence-corrected chi connectivity index (χ3v) is 4.15. The van der Waals surface area contributed by atoms with Crippen LogP contribution in [0.15, 0.2) is 34.9 Å². The van der Waals surface area contributed by atoms with Crippen molar-refractivity contribution in [3.63, 3.8) is 0 Å². The Balaban J connectivity index is 2.08. The molecule has 2 heterocycles. The predicted molar refractivity (Wildman–Crippen MR) is 73.0 cm³/mol. The molecule has 0 amide bonds. The summed E-state index contributed by atoms with van der Waals surface area (Å²) in [6.07, 6.45) is 5.82. The van der Waals surface area contributed by atoms with Crippen LogP contribution in [0.1, 0.15) is 31.6 Å². The number of rotatable bonds is 1. The lowest BCUT2D eigenvalue weighted by molar-refractivity contribution is 0.426. The summed E-state index contributed by atoms with van der Waals surface area (Å²) in [5.74, 6) is 1.23. The third kappa shape index (κ3) is 1.93. The summed E-state index contributed by atoms with van der Waals surface area (Å²) in [7, 11) is 0. The summed E-state index contributed by atoms with van der Waals surface area (Å²) in [4.78, 5) is 4.77. The highest BCUT2D eigenvalue weighted by molar-refractivity contribution is 9.10. The molecule has 88 valence electrons. The first-order chi connectivity index (χ1) is 8.25. The van der Waals surface area contributed by atoms with Crippen LogP contribution in [0.2, 0.25) is 0 Å². The molecule has 1 aliphatic rings. The van der Waals surface area contributed by atoms with Crippen LogP contribution in [0, 0.1) is 0 Å². The number of nitrogens with zero attached hydrogens (tertiary/aromatic N) is 2. The quantitative estimate of drug-likeness (QED) is 0.769. The van der Waals surface area contributed by atoms with E-state index in [1.165, 1.54) is 24.2 Å². The maximum atomic E-state index is 4.77. The Kier molecular flexibility index (Phi) is 2.79. The molecule has 1 atom stereocenters. The lowest BCUT2D eigenvalue weighted by atomic mass is 10.1. The molecule has 1 aliphatic heterocycles. The van der Waals surface area contributed by atoms with Gasteiger partial charge in [0.05, 0.1) is 5.69 Å². The summed E-state index contributed by atoms with van der Waals surface area (Å²) in [5.41, 5.74) is 2.27. The molecule has 1 unspecified atom stereocenters. The van der Waals surface area contributed by atoms with Gasteiger partial charge in [-0.2, -0.15) is 0 Å². The molecule has 2 nitrogen and oxygen atoms in total. The molecule has 0 radical (unpaired) electrons. The second-order valence-electron chi connectivity index (χ2n) is 4.67. The van der Waals surface area contributed by atoms with E-state index in [0.29, 0.717) is 6.04 Å². The van der Waals surface area contributed by atoms with Crippen molar-refractivity contribution in [2.75, 3.05) is 0 Å². The van der Waals surface area contributed by atoms with E-state index in [1.807, 2.05) is 6.07 Å². The van der Waals surface area contributed by atoms with Crippen LogP contribution in [0.5, 0.6) is 0 Å². The van der Waals surface area contributed by atoms with Crippen LogP contribution in [0.3, 0.4) is 0 Å². The van der Waals surface area contributed by atoms with Crippen molar-refractivity contribution in [1.29, 1.82) is 0 Å². The van der Waals surface area contributed by atoms with E-state index in [-0.39, 0.29) is 0 Å². The number of aryl methyl sites for hydroxylation is 1. The van der Waals surface area contributed by atoms with Crippen molar-refractivity contribution in [3.8, 4) is 11.3 Å². The number of benzene rings is 1. The monoisotopic (exact) mass is 290 g/mol. The molecule has 1 aromatic heterocycles. The minimum Gasteiger partial charge on any atom is -0.331 e. The fraction of sp³-hybridized carbons (Fsp3) is 0.357. The van der Waals surface area contributed by atoms with E-state index in [4.69, 9.17) is 4.98 Å². The number of hydrogen-bond acceptors (Lipinski definition) is 1. The van der Waals surface area contributed by atoms with Gasteiger partial charge >= 0.3 is 0 Å². The van der Waals surface area contributed by atoms with E-state index in [2.05, 4.69) is 51.8 Å². The van der Waals surface area contributed by atoms with Gasteiger partial charge in [0.1, 0.15) is 5.82 Å². The van der Waals surface area contributed by atoms with Crippen LogP contribution in [-0.2, 0) is 6.42 Å². The van der Waals surface area contributed by atoms with Crippen LogP contribution in [0.25, 0.3) is 11.3 Å². The standard InChI is InChI=1S/C14H15BrN2/c1-10-5-4-8-14-16-13(9-17(10)14)11-6-2-3-7-12(11)15/h2-3,6-7,9-10H,4-5,8H2,1H3. The molecule has 17 heavy (non-hydrogen) atoms. The highest BCUT2D eigenvalue weighted by Gasteiger charge is 2.19. The summed E-state index contributed by atoms with van der Waals surface area (Å²) in [6, 6.07) is 8.86. The van der Waals surface area contributed by atoms with Gasteiger partial charge in [0.15, 0.2) is 0 Å². The van der Waals surface area contributed by atoms with Gasteiger partial charge < -0.3 is 4.57 Å². The predicted octanol–water partition coefficient (Wildman–Crippen LogP) is 4.21. The molecule has 3 rings (SSSR count). The molecule has 3 heteroatoms. The van der Waals surface area contributed by atoms with E-state index in [0.717, 1.165) is 16.6 Å². The zero-order chi connectivity index (χ0) is 11.8. The fourth-order valence-corrected chi connectivity index (χ4v) is 2.98. The Hall–Kier alpha value is -1.09. The molecule has 0 saturated heterocycles. The van der Waals surface area contributed by atoms with Crippen molar-refractivity contribution in [2.45, 2.75) is 32.2 Å². The number of aromatic nitrogens is 2. The molecular weight excluding hydrogens is 276 g/mol. The first-order valence-electron chi connectivity index (χ1n) is 6.08. The normalized spacial score (nSPS) is 19.1. The van der Waals surface area contributed by atoms with E-state index < -0.39 is 0 Å². The smallest absolute Gasteiger partial charge is 0.109 e. The molecule has 0 N–H and O–H groups in total. The van der Waals surface area contributed by atoms with E-state index >= 15 is 0 Å². The fourth-order valence-electron chi connectivity index (χ4n) is 2.49. The topological polar surface area (TPSA) is 17.8 Å². The molecule has 0 bridgehead atoms. The van der Waals surface area contributed by atoms with Gasteiger partial charge in [-0.05, 0) is 25.8 Å². The zero-order valence-corrected chi connectivity index (χ0v) is 11.4. The summed E-state index contributed by atoms with van der Waals surface area (Å²) in [6.45, 7) is 2.27. The molecule has 0 saturated carbocycles. The first-order valence-corrected chi connectivity index (χ1v) is 6.87. The van der Waals surface area contributed by atoms with Crippen LogP contribution in [0.4, 0.5) is 0 Å². The molecule has 2 aromatic rings. The third-order valence-electron chi connectivity index (χ3n) is 3.46. The van der Waals surface area contributed by atoms with Gasteiger partial charge in [0.2, 0.25) is 0 Å². The number of imidazole rings is 1. The molecule has 0 spiro atoms. The van der Waals surface area contributed by atoms with Gasteiger partial charge in [-0.25, -0.2) is 4.98 Å². The lowest BCUT2D eigenvalue weighted by Crippen LogP contribution is -2.14. The van der Waals surface area contributed by atoms with E-state index in [9.17, 15) is 0 Å². The van der Waals surface area contributed by atoms with Crippen molar-refractivity contribution in [3.05, 3.63) is 40.8 Å². The highest BCUT2D eigenvalue weighted by atomic mass is 79.9. The van der Waals surface area contributed by atoms with Crippen LogP contribution < -0.4 is 0 Å². The largest absolute Gasteiger partial charge is 0.331 e. The Morgan fingerprint density at radius 3 is 2.94 bits per heavy atom. The first kappa shape index (κ1) is 11.0. The van der Waals surface area contributed by atoms with Gasteiger partial charge in [-0.3, -0.25) is 0 Å². The van der Waals surface area contributed by atoms with Crippen molar-refractivity contribution >= 4 is 15.9 Å². The molecule has 0 aliphatic carbocycles. The van der Waals surface area contributed by atoms with Crippen LogP contribution >= 0.6 is 15.9 Å². The lowest BCUT2D eigenvalue weighted by Gasteiger charge is -2.20. The van der Waals surface area contributed by atoms with Crippen molar-refractivity contribution < 1.29 is 0 Å².